The molecule has 1 aliphatic heterocycles. The predicted octanol–water partition coefficient (Wildman–Crippen LogP) is 1.43. The summed E-state index contributed by atoms with van der Waals surface area (Å²) in [6, 6.07) is 24.2. The van der Waals surface area contributed by atoms with Gasteiger partial charge in [-0.05, 0) is 23.1 Å². The summed E-state index contributed by atoms with van der Waals surface area (Å²) in [5.41, 5.74) is 8.44. The van der Waals surface area contributed by atoms with Crippen LogP contribution in [0.1, 0.15) is 34.6 Å². The molecule has 204 valence electrons. The maximum absolute atomic E-state index is 13.8. The fraction of sp³-hybridized carbons (Fsp3) is 0.250. The molecule has 0 saturated carbocycles. The summed E-state index contributed by atoms with van der Waals surface area (Å²) in [6.07, 6.45) is 0.449. The van der Waals surface area contributed by atoms with Gasteiger partial charge in [0.05, 0.1) is 5.92 Å². The number of nitrogens with two attached hydrogens (primary N) is 2. The smallest absolute Gasteiger partial charge is 0.275 e. The van der Waals surface area contributed by atoms with Crippen LogP contribution in [0.15, 0.2) is 84.9 Å². The predicted molar refractivity (Wildman–Crippen MR) is 149 cm³/mol. The van der Waals surface area contributed by atoms with Crippen molar-refractivity contribution in [3.63, 3.8) is 0 Å². The summed E-state index contributed by atoms with van der Waals surface area (Å²) in [5.74, 6) is -1.74. The number of benzene rings is 3. The number of nitrogen functional groups attached to an aromatic ring is 1. The van der Waals surface area contributed by atoms with Crippen LogP contribution in [0.2, 0.25) is 0 Å². The molecule has 39 heavy (non-hydrogen) atoms. The summed E-state index contributed by atoms with van der Waals surface area (Å²) in [6.45, 7) is 0.761. The fourth-order valence-electron chi connectivity index (χ4n) is 4.84. The molecule has 4 rings (SSSR count). The van der Waals surface area contributed by atoms with Gasteiger partial charge in [-0.2, -0.15) is 13.1 Å². The largest absolute Gasteiger partial charge is 0.384 e. The van der Waals surface area contributed by atoms with E-state index < -0.39 is 34.0 Å². The normalized spacial score (nSPS) is 16.2. The molecule has 0 spiro atoms. The highest BCUT2D eigenvalue weighted by Gasteiger charge is 2.39. The maximum atomic E-state index is 13.8. The van der Waals surface area contributed by atoms with Crippen LogP contribution in [0, 0.1) is 11.3 Å². The van der Waals surface area contributed by atoms with Crippen LogP contribution in [0.5, 0.6) is 0 Å². The Hall–Kier alpha value is -4.06. The summed E-state index contributed by atoms with van der Waals surface area (Å²) in [5, 5.41) is 15.7. The standard InChI is InChI=1S/C28H32N6O4S/c29-26(30)22-13-11-19(12-14-22)17-32-27(35)23-15-16-34(18-23)28(36)25(33-39(31,37)38)24(20-7-3-1-4-8-20)21-9-5-2-6-10-21/h1-14,23-25,33H,15-18H2,(H3,29,30)(H,32,35)(H2,31,37,38)/t23-,25-/m1/s1. The van der Waals surface area contributed by atoms with E-state index in [1.807, 2.05) is 60.7 Å². The van der Waals surface area contributed by atoms with Crippen LogP contribution in [0.25, 0.3) is 0 Å². The van der Waals surface area contributed by atoms with E-state index in [-0.39, 0.29) is 18.3 Å². The number of hydrogen-bond acceptors (Lipinski definition) is 5. The van der Waals surface area contributed by atoms with E-state index in [0.29, 0.717) is 25.1 Å². The quantitative estimate of drug-likeness (QED) is 0.190. The van der Waals surface area contributed by atoms with Crippen molar-refractivity contribution >= 4 is 27.9 Å². The van der Waals surface area contributed by atoms with E-state index in [9.17, 15) is 18.0 Å². The third-order valence-corrected chi connectivity index (χ3v) is 7.39. The minimum absolute atomic E-state index is 0.0294. The van der Waals surface area contributed by atoms with Gasteiger partial charge in [-0.15, -0.1) is 0 Å². The highest BCUT2D eigenvalue weighted by Crippen LogP contribution is 2.31. The molecule has 2 amide bonds. The van der Waals surface area contributed by atoms with E-state index in [1.54, 1.807) is 24.3 Å². The number of carbonyl (C=O) groups is 2. The van der Waals surface area contributed by atoms with E-state index in [1.165, 1.54) is 4.90 Å². The van der Waals surface area contributed by atoms with Gasteiger partial charge in [0.1, 0.15) is 11.9 Å². The average Bonchev–Trinajstić information content (AvgIpc) is 3.42. The second-order valence-electron chi connectivity index (χ2n) is 9.54. The number of amidine groups is 1. The molecule has 0 bridgehead atoms. The third kappa shape index (κ3) is 7.29. The van der Waals surface area contributed by atoms with Crippen LogP contribution < -0.4 is 20.9 Å². The number of nitrogens with zero attached hydrogens (tertiary/aromatic N) is 1. The van der Waals surface area contributed by atoms with Crippen LogP contribution in [0.3, 0.4) is 0 Å². The van der Waals surface area contributed by atoms with Gasteiger partial charge in [0.15, 0.2) is 0 Å². The van der Waals surface area contributed by atoms with Crippen molar-refractivity contribution in [3.8, 4) is 0 Å². The molecular weight excluding hydrogens is 516 g/mol. The molecule has 3 aromatic rings. The van der Waals surface area contributed by atoms with E-state index in [0.717, 1.165) is 16.7 Å². The number of rotatable bonds is 10. The molecule has 0 aromatic heterocycles. The first-order chi connectivity index (χ1) is 18.6. The molecule has 3 aromatic carbocycles. The lowest BCUT2D eigenvalue weighted by Crippen LogP contribution is -2.53. The molecule has 0 aliphatic carbocycles. The van der Waals surface area contributed by atoms with E-state index >= 15 is 0 Å². The van der Waals surface area contributed by atoms with Gasteiger partial charge < -0.3 is 16.0 Å². The van der Waals surface area contributed by atoms with E-state index in [2.05, 4.69) is 10.0 Å². The van der Waals surface area contributed by atoms with Crippen molar-refractivity contribution in [1.29, 1.82) is 5.41 Å². The number of nitrogens with one attached hydrogen (secondary N) is 3. The summed E-state index contributed by atoms with van der Waals surface area (Å²) in [7, 11) is -4.23. The Morgan fingerprint density at radius 3 is 2.03 bits per heavy atom. The Morgan fingerprint density at radius 1 is 0.949 bits per heavy atom. The maximum Gasteiger partial charge on any atom is 0.275 e. The van der Waals surface area contributed by atoms with Crippen molar-refractivity contribution in [2.24, 2.45) is 16.8 Å². The van der Waals surface area contributed by atoms with Crippen molar-refractivity contribution in [2.45, 2.75) is 24.9 Å². The number of carbonyl (C=O) groups excluding carboxylic acids is 2. The fourth-order valence-corrected chi connectivity index (χ4v) is 5.43. The van der Waals surface area contributed by atoms with Gasteiger partial charge in [-0.3, -0.25) is 15.0 Å². The highest BCUT2D eigenvalue weighted by atomic mass is 32.2. The van der Waals surface area contributed by atoms with Crippen LogP contribution >= 0.6 is 0 Å². The van der Waals surface area contributed by atoms with Crippen molar-refractivity contribution < 1.29 is 18.0 Å². The minimum Gasteiger partial charge on any atom is -0.384 e. The highest BCUT2D eigenvalue weighted by molar-refractivity contribution is 7.87. The monoisotopic (exact) mass is 548 g/mol. The van der Waals surface area contributed by atoms with Gasteiger partial charge >= 0.3 is 0 Å². The van der Waals surface area contributed by atoms with E-state index in [4.69, 9.17) is 16.3 Å². The molecule has 10 nitrogen and oxygen atoms in total. The lowest BCUT2D eigenvalue weighted by Gasteiger charge is -2.30. The second-order valence-corrected chi connectivity index (χ2v) is 10.9. The molecule has 2 atom stereocenters. The first-order valence-electron chi connectivity index (χ1n) is 12.5. The summed E-state index contributed by atoms with van der Waals surface area (Å²) in [4.78, 5) is 28.3. The lowest BCUT2D eigenvalue weighted by atomic mass is 9.85. The molecule has 7 N–H and O–H groups in total. The molecule has 11 heteroatoms. The van der Waals surface area contributed by atoms with Gasteiger partial charge in [0.25, 0.3) is 10.2 Å². The van der Waals surface area contributed by atoms with Gasteiger partial charge in [-0.1, -0.05) is 84.9 Å². The Balaban J connectivity index is 1.50. The lowest BCUT2D eigenvalue weighted by molar-refractivity contribution is -0.132. The summed E-state index contributed by atoms with van der Waals surface area (Å²) >= 11 is 0. The molecular formula is C28H32N6O4S. The van der Waals surface area contributed by atoms with Crippen LogP contribution in [0.4, 0.5) is 0 Å². The van der Waals surface area contributed by atoms with Crippen LogP contribution in [-0.4, -0.2) is 50.1 Å². The Morgan fingerprint density at radius 2 is 1.51 bits per heavy atom. The number of amides is 2. The van der Waals surface area contributed by atoms with Crippen molar-refractivity contribution in [1.82, 2.24) is 14.9 Å². The Labute approximate surface area is 228 Å². The Bertz CT molecular complexity index is 1380. The molecule has 1 fully saturated rings. The number of likely N-dealkylation sites (tertiary alicyclic amines) is 1. The summed E-state index contributed by atoms with van der Waals surface area (Å²) < 4.78 is 26.8. The molecule has 1 heterocycles. The topological polar surface area (TPSA) is 171 Å². The van der Waals surface area contributed by atoms with Crippen molar-refractivity contribution in [2.75, 3.05) is 13.1 Å². The third-order valence-electron chi connectivity index (χ3n) is 6.81. The molecule has 0 unspecified atom stereocenters. The SMILES string of the molecule is N=C(N)c1ccc(CNC(=O)[C@@H]2CCN(C(=O)[C@H](NS(N)(=O)=O)C(c3ccccc3)c3ccccc3)C2)cc1. The zero-order valence-corrected chi connectivity index (χ0v) is 22.1. The van der Waals surface area contributed by atoms with Crippen LogP contribution in [-0.2, 0) is 26.3 Å². The molecule has 1 aliphatic rings. The second kappa shape index (κ2) is 12.2. The zero-order valence-electron chi connectivity index (χ0n) is 21.3. The van der Waals surface area contributed by atoms with Gasteiger partial charge in [0, 0.05) is 31.1 Å². The first-order valence-corrected chi connectivity index (χ1v) is 14.1. The van der Waals surface area contributed by atoms with Gasteiger partial charge in [-0.25, -0.2) is 5.14 Å². The molecule has 0 radical (unpaired) electrons. The molecule has 1 saturated heterocycles. The van der Waals surface area contributed by atoms with Gasteiger partial charge in [0.2, 0.25) is 11.8 Å². The minimum atomic E-state index is -4.23. The zero-order chi connectivity index (χ0) is 28.0. The first kappa shape index (κ1) is 28.0. The number of hydrogen-bond donors (Lipinski definition) is 5. The van der Waals surface area contributed by atoms with Crippen molar-refractivity contribution in [3.05, 3.63) is 107 Å². The average molecular weight is 549 g/mol. The Kier molecular flexibility index (Phi) is 8.75.